The van der Waals surface area contributed by atoms with E-state index in [1.165, 1.54) is 12.1 Å². The molecule has 0 saturated heterocycles. The minimum atomic E-state index is -3.71. The van der Waals surface area contributed by atoms with Crippen molar-refractivity contribution < 1.29 is 17.9 Å². The van der Waals surface area contributed by atoms with Crippen molar-refractivity contribution in [1.29, 1.82) is 0 Å². The van der Waals surface area contributed by atoms with Crippen molar-refractivity contribution in [2.75, 3.05) is 20.3 Å². The van der Waals surface area contributed by atoms with Gasteiger partial charge in [-0.05, 0) is 36.6 Å². The number of methoxy groups -OCH3 is 1. The van der Waals surface area contributed by atoms with Gasteiger partial charge < -0.3 is 9.64 Å². The lowest BCUT2D eigenvalue weighted by Crippen LogP contribution is -2.36. The molecule has 0 bridgehead atoms. The van der Waals surface area contributed by atoms with E-state index in [-0.39, 0.29) is 23.4 Å². The number of benzene rings is 2. The lowest BCUT2D eigenvalue weighted by Gasteiger charge is -2.22. The molecule has 0 aliphatic heterocycles. The Labute approximate surface area is 160 Å². The van der Waals surface area contributed by atoms with Gasteiger partial charge in [0.15, 0.2) is 0 Å². The average molecular weight is 388 g/mol. The van der Waals surface area contributed by atoms with Crippen LogP contribution in [0.4, 0.5) is 0 Å². The second kappa shape index (κ2) is 8.65. The zero-order valence-corrected chi connectivity index (χ0v) is 16.1. The number of carbonyl (C=O) groups excluding carboxylic acids is 1. The van der Waals surface area contributed by atoms with Crippen LogP contribution in [0.1, 0.15) is 28.8 Å². The SMILES string of the molecule is COCCN(C(=O)c1cccc(S(=O)(=O)NCc2ccccc2)c1)C1CC1. The summed E-state index contributed by atoms with van der Waals surface area (Å²) in [5, 5.41) is 0. The maximum atomic E-state index is 12.8. The van der Waals surface area contributed by atoms with E-state index in [4.69, 9.17) is 4.74 Å². The number of nitrogens with one attached hydrogen (secondary N) is 1. The van der Waals surface area contributed by atoms with Crippen LogP contribution in [0.2, 0.25) is 0 Å². The summed E-state index contributed by atoms with van der Waals surface area (Å²) in [5.74, 6) is -0.158. The molecular formula is C20H24N2O4S. The van der Waals surface area contributed by atoms with Crippen molar-refractivity contribution >= 4 is 15.9 Å². The normalized spacial score (nSPS) is 14.1. The van der Waals surface area contributed by atoms with Crippen LogP contribution in [0, 0.1) is 0 Å². The first kappa shape index (κ1) is 19.5. The van der Waals surface area contributed by atoms with E-state index in [1.54, 1.807) is 24.1 Å². The van der Waals surface area contributed by atoms with Gasteiger partial charge in [-0.3, -0.25) is 4.79 Å². The van der Waals surface area contributed by atoms with Gasteiger partial charge in [-0.1, -0.05) is 36.4 Å². The molecule has 0 spiro atoms. The monoisotopic (exact) mass is 388 g/mol. The standard InChI is InChI=1S/C20H24N2O4S/c1-26-13-12-22(18-10-11-18)20(23)17-8-5-9-19(14-17)27(24,25)21-15-16-6-3-2-4-7-16/h2-9,14,18,21H,10-13,15H2,1H3. The van der Waals surface area contributed by atoms with Gasteiger partial charge in [-0.25, -0.2) is 13.1 Å². The second-order valence-electron chi connectivity index (χ2n) is 6.56. The van der Waals surface area contributed by atoms with Crippen LogP contribution >= 0.6 is 0 Å². The highest BCUT2D eigenvalue weighted by atomic mass is 32.2. The molecule has 1 N–H and O–H groups in total. The van der Waals surface area contributed by atoms with Crippen molar-refractivity contribution in [3.63, 3.8) is 0 Å². The third-order valence-electron chi connectivity index (χ3n) is 4.49. The van der Waals surface area contributed by atoms with Crippen LogP contribution in [0.3, 0.4) is 0 Å². The molecule has 1 aliphatic rings. The molecule has 0 unspecified atom stereocenters. The minimum Gasteiger partial charge on any atom is -0.383 e. The molecule has 144 valence electrons. The van der Waals surface area contributed by atoms with Crippen LogP contribution in [0.15, 0.2) is 59.5 Å². The highest BCUT2D eigenvalue weighted by Gasteiger charge is 2.33. The van der Waals surface area contributed by atoms with Crippen molar-refractivity contribution in [3.05, 3.63) is 65.7 Å². The van der Waals surface area contributed by atoms with E-state index in [2.05, 4.69) is 4.72 Å². The number of hydrogen-bond donors (Lipinski definition) is 1. The maximum Gasteiger partial charge on any atom is 0.254 e. The summed E-state index contributed by atoms with van der Waals surface area (Å²) >= 11 is 0. The van der Waals surface area contributed by atoms with E-state index >= 15 is 0 Å². The van der Waals surface area contributed by atoms with Crippen LogP contribution in [0.5, 0.6) is 0 Å². The summed E-state index contributed by atoms with van der Waals surface area (Å²) in [6, 6.07) is 15.7. The smallest absolute Gasteiger partial charge is 0.254 e. The predicted molar refractivity (Wildman–Crippen MR) is 103 cm³/mol. The molecule has 27 heavy (non-hydrogen) atoms. The Morgan fingerprint density at radius 1 is 1.15 bits per heavy atom. The summed E-state index contributed by atoms with van der Waals surface area (Å²) in [7, 11) is -2.11. The van der Waals surface area contributed by atoms with E-state index in [0.717, 1.165) is 18.4 Å². The predicted octanol–water partition coefficient (Wildman–Crippen LogP) is 2.42. The quantitative estimate of drug-likeness (QED) is 0.716. The third-order valence-corrected chi connectivity index (χ3v) is 5.88. The number of nitrogens with zero attached hydrogens (tertiary/aromatic N) is 1. The Balaban J connectivity index is 1.74. The van der Waals surface area contributed by atoms with E-state index < -0.39 is 10.0 Å². The zero-order valence-electron chi connectivity index (χ0n) is 15.3. The molecular weight excluding hydrogens is 364 g/mol. The third kappa shape index (κ3) is 5.15. The minimum absolute atomic E-state index is 0.0896. The van der Waals surface area contributed by atoms with Crippen molar-refractivity contribution in [1.82, 2.24) is 9.62 Å². The Bertz CT molecular complexity index is 880. The lowest BCUT2D eigenvalue weighted by molar-refractivity contribution is 0.0680. The zero-order chi connectivity index (χ0) is 19.3. The van der Waals surface area contributed by atoms with Crippen LogP contribution in [0.25, 0.3) is 0 Å². The van der Waals surface area contributed by atoms with Gasteiger partial charge in [0.1, 0.15) is 0 Å². The van der Waals surface area contributed by atoms with Crippen molar-refractivity contribution in [2.45, 2.75) is 30.3 Å². The molecule has 0 heterocycles. The van der Waals surface area contributed by atoms with Gasteiger partial charge in [0.05, 0.1) is 11.5 Å². The molecule has 0 aromatic heterocycles. The molecule has 1 amide bonds. The summed E-state index contributed by atoms with van der Waals surface area (Å²) in [4.78, 5) is 14.7. The molecule has 3 rings (SSSR count). The first-order chi connectivity index (χ1) is 13.0. The average Bonchev–Trinajstić information content (AvgIpc) is 3.53. The number of rotatable bonds is 9. The first-order valence-corrected chi connectivity index (χ1v) is 10.4. The van der Waals surface area contributed by atoms with E-state index in [1.807, 2.05) is 30.3 Å². The van der Waals surface area contributed by atoms with Gasteiger partial charge in [-0.2, -0.15) is 0 Å². The molecule has 2 aromatic carbocycles. The lowest BCUT2D eigenvalue weighted by atomic mass is 10.2. The van der Waals surface area contributed by atoms with Crippen LogP contribution < -0.4 is 4.72 Å². The topological polar surface area (TPSA) is 75.7 Å². The fourth-order valence-corrected chi connectivity index (χ4v) is 3.91. The number of ether oxygens (including phenoxy) is 1. The summed E-state index contributed by atoms with van der Waals surface area (Å²) in [6.45, 7) is 1.16. The van der Waals surface area contributed by atoms with Crippen LogP contribution in [-0.2, 0) is 21.3 Å². The largest absolute Gasteiger partial charge is 0.383 e. The Kier molecular flexibility index (Phi) is 6.26. The summed E-state index contributed by atoms with van der Waals surface area (Å²) < 4.78 is 32.9. The van der Waals surface area contributed by atoms with Gasteiger partial charge in [0.2, 0.25) is 10.0 Å². The van der Waals surface area contributed by atoms with Gasteiger partial charge in [0, 0.05) is 31.8 Å². The Hall–Kier alpha value is -2.22. The van der Waals surface area contributed by atoms with Crippen LogP contribution in [-0.4, -0.2) is 45.5 Å². The summed E-state index contributed by atoms with van der Waals surface area (Å²) in [6.07, 6.45) is 1.96. The van der Waals surface area contributed by atoms with Crippen molar-refractivity contribution in [2.24, 2.45) is 0 Å². The molecule has 0 radical (unpaired) electrons. The van der Waals surface area contributed by atoms with E-state index in [0.29, 0.717) is 18.7 Å². The van der Waals surface area contributed by atoms with Gasteiger partial charge in [-0.15, -0.1) is 0 Å². The highest BCUT2D eigenvalue weighted by Crippen LogP contribution is 2.28. The molecule has 2 aromatic rings. The van der Waals surface area contributed by atoms with Crippen molar-refractivity contribution in [3.8, 4) is 0 Å². The summed E-state index contributed by atoms with van der Waals surface area (Å²) in [5.41, 5.74) is 1.24. The van der Waals surface area contributed by atoms with Gasteiger partial charge in [0.25, 0.3) is 5.91 Å². The Morgan fingerprint density at radius 2 is 1.89 bits per heavy atom. The Morgan fingerprint density at radius 3 is 2.56 bits per heavy atom. The number of carbonyl (C=O) groups is 1. The highest BCUT2D eigenvalue weighted by molar-refractivity contribution is 7.89. The van der Waals surface area contributed by atoms with E-state index in [9.17, 15) is 13.2 Å². The fraction of sp³-hybridized carbons (Fsp3) is 0.350. The molecule has 0 atom stereocenters. The number of amides is 1. The molecule has 1 fully saturated rings. The molecule has 6 nitrogen and oxygen atoms in total. The molecule has 1 aliphatic carbocycles. The fourth-order valence-electron chi connectivity index (χ4n) is 2.85. The number of sulfonamides is 1. The first-order valence-electron chi connectivity index (χ1n) is 8.95. The molecule has 1 saturated carbocycles. The molecule has 7 heteroatoms. The maximum absolute atomic E-state index is 12.8. The number of hydrogen-bond acceptors (Lipinski definition) is 4. The second-order valence-corrected chi connectivity index (χ2v) is 8.33. The van der Waals surface area contributed by atoms with Gasteiger partial charge >= 0.3 is 0 Å².